The van der Waals surface area contributed by atoms with Crippen molar-refractivity contribution in [2.75, 3.05) is 16.8 Å². The molecule has 3 rings (SSSR count). The first-order valence-electron chi connectivity index (χ1n) is 11.5. The zero-order chi connectivity index (χ0) is 24.3. The molecule has 9 nitrogen and oxygen atoms in total. The number of rotatable bonds is 6. The summed E-state index contributed by atoms with van der Waals surface area (Å²) in [5, 5.41) is 8.28. The van der Waals surface area contributed by atoms with Gasteiger partial charge in [-0.3, -0.25) is 14.4 Å². The van der Waals surface area contributed by atoms with E-state index in [4.69, 9.17) is 4.74 Å². The van der Waals surface area contributed by atoms with Crippen molar-refractivity contribution in [3.8, 4) is 0 Å². The summed E-state index contributed by atoms with van der Waals surface area (Å²) in [4.78, 5) is 52.0. The minimum Gasteiger partial charge on any atom is -0.444 e. The fraction of sp³-hybridized carbons (Fsp3) is 0.583. The Morgan fingerprint density at radius 1 is 1.24 bits per heavy atom. The molecule has 9 heteroatoms. The number of carbonyl (C=O) groups excluding carboxylic acids is 4. The van der Waals surface area contributed by atoms with E-state index < -0.39 is 29.7 Å². The molecule has 0 bridgehead atoms. The quantitative estimate of drug-likeness (QED) is 0.606. The summed E-state index contributed by atoms with van der Waals surface area (Å²) in [5.41, 5.74) is 1.47. The van der Waals surface area contributed by atoms with Gasteiger partial charge in [0.25, 0.3) is 0 Å². The molecule has 1 aromatic rings. The van der Waals surface area contributed by atoms with Crippen molar-refractivity contribution in [1.29, 1.82) is 0 Å². The number of fused-ring (bicyclic) bond motifs is 1. The molecular formula is C24H34N4O5. The first-order chi connectivity index (χ1) is 15.4. The lowest BCUT2D eigenvalue weighted by Crippen LogP contribution is -2.55. The van der Waals surface area contributed by atoms with Crippen LogP contribution in [0.2, 0.25) is 0 Å². The van der Waals surface area contributed by atoms with E-state index in [0.29, 0.717) is 37.2 Å². The molecule has 0 radical (unpaired) electrons. The van der Waals surface area contributed by atoms with Gasteiger partial charge >= 0.3 is 6.09 Å². The van der Waals surface area contributed by atoms with Gasteiger partial charge in [-0.1, -0.05) is 26.0 Å². The maximum Gasteiger partial charge on any atom is 0.408 e. The lowest BCUT2D eigenvalue weighted by Gasteiger charge is -2.30. The number of anilines is 2. The molecule has 0 aromatic heterocycles. The monoisotopic (exact) mass is 458 g/mol. The van der Waals surface area contributed by atoms with Crippen LogP contribution in [0.5, 0.6) is 0 Å². The smallest absolute Gasteiger partial charge is 0.408 e. The van der Waals surface area contributed by atoms with Crippen molar-refractivity contribution >= 4 is 35.2 Å². The number of amides is 4. The fourth-order valence-corrected chi connectivity index (χ4v) is 4.09. The number of nitrogens with zero attached hydrogens (tertiary/aromatic N) is 1. The SMILES string of the molecule is CC(C)C[C@H](NC(=O)OC(C)(C)C)C(=O)NC1Cc2cccc(N3CCCC3=O)c2NC1=O. The Hall–Kier alpha value is -3.10. The molecule has 1 saturated heterocycles. The molecule has 0 saturated carbocycles. The summed E-state index contributed by atoms with van der Waals surface area (Å²) in [6.07, 6.45) is 1.30. The van der Waals surface area contributed by atoms with E-state index in [1.165, 1.54) is 0 Å². The van der Waals surface area contributed by atoms with Crippen LogP contribution in [0.15, 0.2) is 18.2 Å². The molecule has 2 aliphatic heterocycles. The van der Waals surface area contributed by atoms with E-state index in [2.05, 4.69) is 16.0 Å². The Bertz CT molecular complexity index is 937. The summed E-state index contributed by atoms with van der Waals surface area (Å²) in [6, 6.07) is 3.93. The van der Waals surface area contributed by atoms with Crippen LogP contribution in [0.3, 0.4) is 0 Å². The first kappa shape index (κ1) is 24.5. The molecule has 2 heterocycles. The second kappa shape index (κ2) is 9.80. The van der Waals surface area contributed by atoms with Crippen LogP contribution in [0, 0.1) is 5.92 Å². The minimum atomic E-state index is -0.831. The van der Waals surface area contributed by atoms with Crippen molar-refractivity contribution in [2.45, 2.75) is 78.0 Å². The van der Waals surface area contributed by atoms with Crippen LogP contribution < -0.4 is 20.9 Å². The number of hydrogen-bond acceptors (Lipinski definition) is 5. The van der Waals surface area contributed by atoms with Crippen molar-refractivity contribution in [3.63, 3.8) is 0 Å². The van der Waals surface area contributed by atoms with Crippen molar-refractivity contribution in [1.82, 2.24) is 10.6 Å². The number of ether oxygens (including phenoxy) is 1. The molecule has 0 spiro atoms. The van der Waals surface area contributed by atoms with Gasteiger partial charge in [-0.2, -0.15) is 0 Å². The molecule has 180 valence electrons. The number of para-hydroxylation sites is 1. The Morgan fingerprint density at radius 3 is 2.58 bits per heavy atom. The summed E-state index contributed by atoms with van der Waals surface area (Å²) in [6.45, 7) is 9.76. The van der Waals surface area contributed by atoms with E-state index in [0.717, 1.165) is 12.0 Å². The fourth-order valence-electron chi connectivity index (χ4n) is 4.09. The summed E-state index contributed by atoms with van der Waals surface area (Å²) < 4.78 is 5.29. The largest absolute Gasteiger partial charge is 0.444 e. The average molecular weight is 459 g/mol. The van der Waals surface area contributed by atoms with Crippen molar-refractivity contribution in [2.24, 2.45) is 5.92 Å². The highest BCUT2D eigenvalue weighted by molar-refractivity contribution is 6.06. The average Bonchev–Trinajstić information content (AvgIpc) is 3.11. The van der Waals surface area contributed by atoms with Gasteiger partial charge in [0.15, 0.2) is 0 Å². The number of alkyl carbamates (subject to hydrolysis) is 1. The predicted molar refractivity (Wildman–Crippen MR) is 125 cm³/mol. The normalized spacial score (nSPS) is 19.1. The summed E-state index contributed by atoms with van der Waals surface area (Å²) in [5.74, 6) is -0.616. The van der Waals surface area contributed by atoms with Crippen molar-refractivity contribution in [3.05, 3.63) is 23.8 Å². The lowest BCUT2D eigenvalue weighted by molar-refractivity contribution is -0.128. The van der Waals surface area contributed by atoms with Gasteiger partial charge in [0.05, 0.1) is 11.4 Å². The van der Waals surface area contributed by atoms with Crippen LogP contribution >= 0.6 is 0 Å². The van der Waals surface area contributed by atoms with Gasteiger partial charge in [0.2, 0.25) is 17.7 Å². The molecule has 1 fully saturated rings. The van der Waals surface area contributed by atoms with E-state index in [9.17, 15) is 19.2 Å². The van der Waals surface area contributed by atoms with Gasteiger partial charge in [-0.25, -0.2) is 4.79 Å². The highest BCUT2D eigenvalue weighted by Crippen LogP contribution is 2.35. The van der Waals surface area contributed by atoms with Crippen LogP contribution in [0.25, 0.3) is 0 Å². The third-order valence-electron chi connectivity index (χ3n) is 5.51. The van der Waals surface area contributed by atoms with E-state index in [-0.39, 0.29) is 17.7 Å². The Kier molecular flexibility index (Phi) is 7.29. The Balaban J connectivity index is 1.72. The van der Waals surface area contributed by atoms with Crippen LogP contribution in [0.4, 0.5) is 16.2 Å². The van der Waals surface area contributed by atoms with Crippen LogP contribution in [-0.2, 0) is 25.5 Å². The zero-order valence-electron chi connectivity index (χ0n) is 20.0. The predicted octanol–water partition coefficient (Wildman–Crippen LogP) is 2.73. The summed E-state index contributed by atoms with van der Waals surface area (Å²) >= 11 is 0. The van der Waals surface area contributed by atoms with Gasteiger partial charge in [0, 0.05) is 19.4 Å². The van der Waals surface area contributed by atoms with Crippen LogP contribution in [-0.4, -0.2) is 48.0 Å². The Morgan fingerprint density at radius 2 is 1.97 bits per heavy atom. The molecule has 2 aliphatic rings. The zero-order valence-corrected chi connectivity index (χ0v) is 20.0. The minimum absolute atomic E-state index is 0.0396. The third kappa shape index (κ3) is 6.24. The van der Waals surface area contributed by atoms with E-state index in [1.807, 2.05) is 32.0 Å². The second-order valence-corrected chi connectivity index (χ2v) is 10.0. The highest BCUT2D eigenvalue weighted by Gasteiger charge is 2.34. The first-order valence-corrected chi connectivity index (χ1v) is 11.5. The van der Waals surface area contributed by atoms with Gasteiger partial charge < -0.3 is 25.6 Å². The Labute approximate surface area is 194 Å². The topological polar surface area (TPSA) is 117 Å². The summed E-state index contributed by atoms with van der Waals surface area (Å²) in [7, 11) is 0. The van der Waals surface area contributed by atoms with Gasteiger partial charge in [-0.05, 0) is 51.2 Å². The molecule has 2 atom stereocenters. The standard InChI is InChI=1S/C24H34N4O5/c1-14(2)12-16(26-23(32)33-24(3,4)5)21(30)25-17-13-15-8-6-9-18(20(15)27-22(17)31)28-11-7-10-19(28)29/h6,8-9,14,16-17H,7,10-13H2,1-5H3,(H,25,30)(H,26,32)(H,27,31)/t16-,17?/m0/s1. The lowest BCUT2D eigenvalue weighted by atomic mass is 9.96. The molecule has 1 unspecified atom stereocenters. The molecular weight excluding hydrogens is 424 g/mol. The van der Waals surface area contributed by atoms with E-state index in [1.54, 1.807) is 25.7 Å². The van der Waals surface area contributed by atoms with Gasteiger partial charge in [-0.15, -0.1) is 0 Å². The molecule has 33 heavy (non-hydrogen) atoms. The molecule has 3 N–H and O–H groups in total. The van der Waals surface area contributed by atoms with E-state index >= 15 is 0 Å². The highest BCUT2D eigenvalue weighted by atomic mass is 16.6. The molecule has 1 aromatic carbocycles. The maximum atomic E-state index is 13.0. The number of benzene rings is 1. The third-order valence-corrected chi connectivity index (χ3v) is 5.51. The second-order valence-electron chi connectivity index (χ2n) is 10.0. The van der Waals surface area contributed by atoms with Crippen molar-refractivity contribution < 1.29 is 23.9 Å². The maximum absolute atomic E-state index is 13.0. The number of hydrogen-bond donors (Lipinski definition) is 3. The number of nitrogens with one attached hydrogen (secondary N) is 3. The van der Waals surface area contributed by atoms with Gasteiger partial charge in [0.1, 0.15) is 17.7 Å². The molecule has 0 aliphatic carbocycles. The number of carbonyl (C=O) groups is 4. The van der Waals surface area contributed by atoms with Crippen LogP contribution in [0.1, 0.15) is 59.4 Å². The molecule has 4 amide bonds.